The predicted molar refractivity (Wildman–Crippen MR) is 156 cm³/mol. The molecule has 0 spiro atoms. The number of halogens is 1. The number of imidazole rings is 1. The van der Waals surface area contributed by atoms with Gasteiger partial charge in [-0.2, -0.15) is 0 Å². The summed E-state index contributed by atoms with van der Waals surface area (Å²) in [5.41, 5.74) is 8.19. The van der Waals surface area contributed by atoms with Crippen LogP contribution in [0.2, 0.25) is 5.02 Å². The molecule has 2 N–H and O–H groups in total. The number of aromatic amines is 1. The fraction of sp³-hybridized carbons (Fsp3) is 0.323. The molecule has 0 bridgehead atoms. The molecule has 3 aromatic carbocycles. The molecule has 6 heteroatoms. The highest BCUT2D eigenvalue weighted by molar-refractivity contribution is 6.33. The van der Waals surface area contributed by atoms with Crippen LogP contribution in [0, 0.1) is 5.41 Å². The molecule has 0 amide bonds. The van der Waals surface area contributed by atoms with Crippen molar-refractivity contribution >= 4 is 23.0 Å². The maximum atomic E-state index is 6.61. The normalized spacial score (nSPS) is 14.1. The van der Waals surface area contributed by atoms with Gasteiger partial charge in [-0.15, -0.1) is 0 Å². The Morgan fingerprint density at radius 3 is 2.65 bits per heavy atom. The van der Waals surface area contributed by atoms with E-state index in [2.05, 4.69) is 89.4 Å². The average Bonchev–Trinajstić information content (AvgIpc) is 3.35. The number of hydrogen-bond acceptors (Lipinski definition) is 4. The van der Waals surface area contributed by atoms with Crippen LogP contribution in [0.4, 0.5) is 11.4 Å². The van der Waals surface area contributed by atoms with Gasteiger partial charge in [0.2, 0.25) is 0 Å². The maximum absolute atomic E-state index is 6.61. The van der Waals surface area contributed by atoms with Gasteiger partial charge < -0.3 is 15.2 Å². The highest BCUT2D eigenvalue weighted by Crippen LogP contribution is 2.34. The molecule has 37 heavy (non-hydrogen) atoms. The van der Waals surface area contributed by atoms with Gasteiger partial charge in [-0.05, 0) is 66.9 Å². The lowest BCUT2D eigenvalue weighted by Crippen LogP contribution is -2.42. The van der Waals surface area contributed by atoms with Crippen LogP contribution >= 0.6 is 11.6 Å². The van der Waals surface area contributed by atoms with Crippen LogP contribution in [-0.4, -0.2) is 53.5 Å². The van der Waals surface area contributed by atoms with E-state index in [0.717, 1.165) is 60.9 Å². The number of anilines is 2. The van der Waals surface area contributed by atoms with Gasteiger partial charge in [-0.25, -0.2) is 4.98 Å². The number of H-pyrrole nitrogens is 1. The molecule has 0 aliphatic carbocycles. The van der Waals surface area contributed by atoms with E-state index >= 15 is 0 Å². The summed E-state index contributed by atoms with van der Waals surface area (Å²) in [7, 11) is 4.31. The standard InChI is InChI=1S/C31H36ClN5/c1-31(2,20-36(3)4)21-37-16-15-25-23(19-37)11-8-12-28(25)34-24-13-14-27(32)26(17-24)30-33-18-29(35-30)22-9-6-5-7-10-22/h5-14,17-18,34H,15-16,19-21H2,1-4H3,(H,33,35). The van der Waals surface area contributed by atoms with Crippen LogP contribution in [0.3, 0.4) is 0 Å². The van der Waals surface area contributed by atoms with Crippen molar-refractivity contribution in [2.45, 2.75) is 26.8 Å². The first-order valence-electron chi connectivity index (χ1n) is 12.9. The molecule has 0 radical (unpaired) electrons. The first-order chi connectivity index (χ1) is 17.8. The predicted octanol–water partition coefficient (Wildman–Crippen LogP) is 7.09. The van der Waals surface area contributed by atoms with E-state index in [1.54, 1.807) is 0 Å². The molecule has 0 saturated carbocycles. The summed E-state index contributed by atoms with van der Waals surface area (Å²) in [5.74, 6) is 0.763. The molecule has 1 aliphatic heterocycles. The van der Waals surface area contributed by atoms with Gasteiger partial charge in [0.05, 0.1) is 16.9 Å². The second-order valence-electron chi connectivity index (χ2n) is 11.1. The number of nitrogens with zero attached hydrogens (tertiary/aromatic N) is 3. The van der Waals surface area contributed by atoms with Crippen LogP contribution in [0.5, 0.6) is 0 Å². The third kappa shape index (κ3) is 6.07. The van der Waals surface area contributed by atoms with Gasteiger partial charge in [0, 0.05) is 43.1 Å². The molecule has 1 aliphatic rings. The van der Waals surface area contributed by atoms with E-state index in [4.69, 9.17) is 11.6 Å². The molecular formula is C31H36ClN5. The topological polar surface area (TPSA) is 47.2 Å². The quantitative estimate of drug-likeness (QED) is 0.264. The number of benzene rings is 3. The summed E-state index contributed by atoms with van der Waals surface area (Å²) in [6.45, 7) is 8.96. The lowest BCUT2D eigenvalue weighted by atomic mass is 9.90. The summed E-state index contributed by atoms with van der Waals surface area (Å²) in [5, 5.41) is 4.34. The monoisotopic (exact) mass is 513 g/mol. The van der Waals surface area contributed by atoms with Crippen molar-refractivity contribution in [3.63, 3.8) is 0 Å². The third-order valence-corrected chi connectivity index (χ3v) is 7.23. The van der Waals surface area contributed by atoms with Crippen molar-refractivity contribution in [3.05, 3.63) is 89.1 Å². The molecule has 0 unspecified atom stereocenters. The highest BCUT2D eigenvalue weighted by Gasteiger charge is 2.26. The van der Waals surface area contributed by atoms with Crippen molar-refractivity contribution in [1.82, 2.24) is 19.8 Å². The van der Waals surface area contributed by atoms with Crippen molar-refractivity contribution in [3.8, 4) is 22.6 Å². The number of nitrogens with one attached hydrogen (secondary N) is 2. The van der Waals surface area contributed by atoms with Gasteiger partial charge in [0.25, 0.3) is 0 Å². The zero-order valence-electron chi connectivity index (χ0n) is 22.2. The van der Waals surface area contributed by atoms with Gasteiger partial charge in [0.15, 0.2) is 0 Å². The first-order valence-corrected chi connectivity index (χ1v) is 13.3. The van der Waals surface area contributed by atoms with E-state index in [9.17, 15) is 0 Å². The Kier molecular flexibility index (Phi) is 7.38. The second-order valence-corrected chi connectivity index (χ2v) is 11.5. The van der Waals surface area contributed by atoms with Crippen molar-refractivity contribution in [2.24, 2.45) is 5.41 Å². The van der Waals surface area contributed by atoms with Crippen LogP contribution in [-0.2, 0) is 13.0 Å². The molecule has 1 aromatic heterocycles. The minimum atomic E-state index is 0.253. The molecule has 2 heterocycles. The zero-order valence-corrected chi connectivity index (χ0v) is 22.9. The zero-order chi connectivity index (χ0) is 26.0. The minimum Gasteiger partial charge on any atom is -0.355 e. The number of aromatic nitrogens is 2. The van der Waals surface area contributed by atoms with E-state index < -0.39 is 0 Å². The second kappa shape index (κ2) is 10.7. The molecule has 5 rings (SSSR count). The molecular weight excluding hydrogens is 478 g/mol. The van der Waals surface area contributed by atoms with Crippen LogP contribution < -0.4 is 5.32 Å². The van der Waals surface area contributed by atoms with Gasteiger partial charge in [-0.3, -0.25) is 4.90 Å². The molecule has 192 valence electrons. The Hall–Kier alpha value is -3.12. The fourth-order valence-electron chi connectivity index (χ4n) is 5.59. The van der Waals surface area contributed by atoms with Gasteiger partial charge >= 0.3 is 0 Å². The van der Waals surface area contributed by atoms with E-state index in [1.807, 2.05) is 36.5 Å². The SMILES string of the molecule is CN(C)CC(C)(C)CN1CCc2c(cccc2Nc2ccc(Cl)c(-c3ncc(-c4ccccc4)[nH]3)c2)C1. The Morgan fingerprint density at radius 2 is 1.86 bits per heavy atom. The Bertz CT molecular complexity index is 1360. The molecule has 4 aromatic rings. The first kappa shape index (κ1) is 25.5. The number of fused-ring (bicyclic) bond motifs is 1. The van der Waals surface area contributed by atoms with Crippen molar-refractivity contribution < 1.29 is 0 Å². The average molecular weight is 514 g/mol. The van der Waals surface area contributed by atoms with E-state index in [-0.39, 0.29) is 5.41 Å². The molecule has 0 fully saturated rings. The fourth-order valence-corrected chi connectivity index (χ4v) is 5.80. The highest BCUT2D eigenvalue weighted by atomic mass is 35.5. The number of hydrogen-bond donors (Lipinski definition) is 2. The van der Waals surface area contributed by atoms with E-state index in [0.29, 0.717) is 5.02 Å². The van der Waals surface area contributed by atoms with Gasteiger partial charge in [-0.1, -0.05) is 67.9 Å². The summed E-state index contributed by atoms with van der Waals surface area (Å²) in [6.07, 6.45) is 2.90. The Labute approximate surface area is 225 Å². The summed E-state index contributed by atoms with van der Waals surface area (Å²) in [6, 6.07) is 22.9. The molecule has 0 saturated heterocycles. The lowest BCUT2D eigenvalue weighted by molar-refractivity contribution is 0.134. The molecule has 0 atom stereocenters. The Morgan fingerprint density at radius 1 is 1.05 bits per heavy atom. The lowest BCUT2D eigenvalue weighted by Gasteiger charge is -2.37. The van der Waals surface area contributed by atoms with E-state index in [1.165, 1.54) is 16.8 Å². The Balaban J connectivity index is 1.34. The minimum absolute atomic E-state index is 0.253. The molecule has 5 nitrogen and oxygen atoms in total. The summed E-state index contributed by atoms with van der Waals surface area (Å²) in [4.78, 5) is 12.9. The summed E-state index contributed by atoms with van der Waals surface area (Å²) < 4.78 is 0. The number of rotatable bonds is 8. The maximum Gasteiger partial charge on any atom is 0.139 e. The largest absolute Gasteiger partial charge is 0.355 e. The third-order valence-electron chi connectivity index (χ3n) is 6.90. The summed E-state index contributed by atoms with van der Waals surface area (Å²) >= 11 is 6.61. The smallest absolute Gasteiger partial charge is 0.139 e. The van der Waals surface area contributed by atoms with Gasteiger partial charge in [0.1, 0.15) is 5.82 Å². The van der Waals surface area contributed by atoms with Crippen LogP contribution in [0.1, 0.15) is 25.0 Å². The van der Waals surface area contributed by atoms with Crippen molar-refractivity contribution in [1.29, 1.82) is 0 Å². The van der Waals surface area contributed by atoms with Crippen LogP contribution in [0.15, 0.2) is 72.9 Å². The van der Waals surface area contributed by atoms with Crippen molar-refractivity contribution in [2.75, 3.05) is 39.0 Å². The van der Waals surface area contributed by atoms with Crippen LogP contribution in [0.25, 0.3) is 22.6 Å².